The van der Waals surface area contributed by atoms with E-state index in [1.54, 1.807) is 42.8 Å². The van der Waals surface area contributed by atoms with Crippen LogP contribution < -0.4 is 4.72 Å². The van der Waals surface area contributed by atoms with Gasteiger partial charge in [-0.3, -0.25) is 9.63 Å². The average molecular weight is 657 g/mol. The average Bonchev–Trinajstić information content (AvgIpc) is 3.42. The summed E-state index contributed by atoms with van der Waals surface area (Å²) < 4.78 is 78.2. The minimum absolute atomic E-state index is 0.000780. The van der Waals surface area contributed by atoms with E-state index in [0.29, 0.717) is 5.56 Å². The normalized spacial score (nSPS) is 12.9. The Morgan fingerprint density at radius 1 is 1.11 bits per heavy atom. The van der Waals surface area contributed by atoms with Crippen LogP contribution in [0.4, 0.5) is 18.0 Å². The van der Waals surface area contributed by atoms with Crippen molar-refractivity contribution in [3.63, 3.8) is 0 Å². The van der Waals surface area contributed by atoms with Gasteiger partial charge in [0.05, 0.1) is 34.2 Å². The molecule has 14 nitrogen and oxygen atoms in total. The maximum atomic E-state index is 13.5. The number of rotatable bonds is 12. The van der Waals surface area contributed by atoms with Gasteiger partial charge in [0.2, 0.25) is 5.28 Å². The van der Waals surface area contributed by atoms with Crippen LogP contribution in [-0.4, -0.2) is 66.7 Å². The number of nitrogens with one attached hydrogen (secondary N) is 1. The second kappa shape index (κ2) is 14.3. The Labute approximate surface area is 256 Å². The van der Waals surface area contributed by atoms with Crippen molar-refractivity contribution in [2.45, 2.75) is 45.1 Å². The Hall–Kier alpha value is -4.87. The van der Waals surface area contributed by atoms with Crippen LogP contribution in [0, 0.1) is 18.0 Å². The van der Waals surface area contributed by atoms with Gasteiger partial charge in [-0.2, -0.15) is 18.3 Å². The lowest BCUT2D eigenvalue weighted by Crippen LogP contribution is -2.35. The number of sulfonamides is 1. The highest BCUT2D eigenvalue weighted by molar-refractivity contribution is 7.90. The number of esters is 1. The summed E-state index contributed by atoms with van der Waals surface area (Å²) in [7, 11) is -3.18. The summed E-state index contributed by atoms with van der Waals surface area (Å²) in [5.41, 5.74) is 0.490. The number of alkyl halides is 3. The maximum Gasteiger partial charge on any atom is 0.435 e. The number of halogens is 3. The van der Waals surface area contributed by atoms with Gasteiger partial charge in [0, 0.05) is 12.5 Å². The molecule has 0 saturated carbocycles. The van der Waals surface area contributed by atoms with E-state index in [2.05, 4.69) is 10.4 Å². The first-order chi connectivity index (χ1) is 21.0. The molecule has 0 aliphatic carbocycles. The van der Waals surface area contributed by atoms with Crippen LogP contribution in [0.15, 0.2) is 64.8 Å². The number of carbonyl (C=O) groups excluding carboxylic acids is 2. The first-order valence-corrected chi connectivity index (χ1v) is 14.8. The molecular weight excluding hydrogens is 625 g/mol. The van der Waals surface area contributed by atoms with Gasteiger partial charge in [-0.1, -0.05) is 43.7 Å². The van der Waals surface area contributed by atoms with E-state index in [4.69, 9.17) is 14.3 Å². The fourth-order valence-corrected chi connectivity index (χ4v) is 4.35. The van der Waals surface area contributed by atoms with Gasteiger partial charge in [0.1, 0.15) is 13.2 Å². The van der Waals surface area contributed by atoms with Crippen LogP contribution in [0.2, 0.25) is 0 Å². The van der Waals surface area contributed by atoms with Crippen molar-refractivity contribution in [1.82, 2.24) is 19.5 Å². The van der Waals surface area contributed by atoms with Gasteiger partial charge >= 0.3 is 18.2 Å². The summed E-state index contributed by atoms with van der Waals surface area (Å²) in [5, 5.41) is 19.8. The van der Waals surface area contributed by atoms with E-state index in [1.165, 1.54) is 26.1 Å². The van der Waals surface area contributed by atoms with Gasteiger partial charge in [-0.15, -0.1) is 5.01 Å². The lowest BCUT2D eigenvalue weighted by molar-refractivity contribution is -0.707. The molecule has 0 aliphatic heterocycles. The fourth-order valence-electron chi connectivity index (χ4n) is 3.46. The van der Waals surface area contributed by atoms with Gasteiger partial charge in [-0.25, -0.2) is 22.6 Å². The summed E-state index contributed by atoms with van der Waals surface area (Å²) in [6.45, 7) is 5.73. The van der Waals surface area contributed by atoms with E-state index >= 15 is 0 Å². The zero-order valence-electron chi connectivity index (χ0n) is 24.8. The lowest BCUT2D eigenvalue weighted by Gasteiger charge is -2.15. The summed E-state index contributed by atoms with van der Waals surface area (Å²) in [6, 6.07) is 12.3. The first-order valence-electron chi connectivity index (χ1n) is 13.3. The number of hydrogen-bond acceptors (Lipinski definition) is 10. The fraction of sp³-hybridized carbons (Fsp3) is 0.370. The highest BCUT2D eigenvalue weighted by Crippen LogP contribution is 2.33. The van der Waals surface area contributed by atoms with Crippen molar-refractivity contribution >= 4 is 22.1 Å². The van der Waals surface area contributed by atoms with E-state index in [0.717, 1.165) is 33.5 Å². The smallest absolute Gasteiger partial charge is 0.435 e. The van der Waals surface area contributed by atoms with Crippen molar-refractivity contribution in [2.24, 2.45) is 11.2 Å². The van der Waals surface area contributed by atoms with Crippen molar-refractivity contribution in [1.29, 1.82) is 0 Å². The Bertz CT molecular complexity index is 1630. The number of benzene rings is 2. The molecule has 45 heavy (non-hydrogen) atoms. The predicted molar refractivity (Wildman–Crippen MR) is 151 cm³/mol. The van der Waals surface area contributed by atoms with Gasteiger partial charge in [0.25, 0.3) is 16.3 Å². The SMILES string of the molecule is Cc1ccc(-c2cc(C(F)(F)F)nn2-c2ccc(S(=O)(=O)NC(=O)OCCN(C)[N+]([O-])=NOC(C)OC(=O)C(C)C)cc2)cc1. The molecule has 2 aromatic carbocycles. The van der Waals surface area contributed by atoms with Crippen molar-refractivity contribution in [3.8, 4) is 16.9 Å². The maximum absolute atomic E-state index is 13.5. The highest BCUT2D eigenvalue weighted by Gasteiger charge is 2.35. The molecule has 0 fully saturated rings. The number of nitrogens with zero attached hydrogens (tertiary/aromatic N) is 5. The Morgan fingerprint density at radius 2 is 1.73 bits per heavy atom. The summed E-state index contributed by atoms with van der Waals surface area (Å²) >= 11 is 0. The van der Waals surface area contributed by atoms with Gasteiger partial charge in [-0.05, 0) is 37.3 Å². The van der Waals surface area contributed by atoms with Gasteiger partial charge < -0.3 is 14.7 Å². The largest absolute Gasteiger partial charge is 0.569 e. The Morgan fingerprint density at radius 3 is 2.31 bits per heavy atom. The molecule has 0 radical (unpaired) electrons. The number of amides is 1. The molecule has 0 aliphatic rings. The minimum Gasteiger partial charge on any atom is -0.569 e. The van der Waals surface area contributed by atoms with E-state index in [9.17, 15) is 36.4 Å². The second-order valence-corrected chi connectivity index (χ2v) is 11.6. The Kier molecular flexibility index (Phi) is 11.0. The minimum atomic E-state index is -4.72. The van der Waals surface area contributed by atoms with Gasteiger partial charge in [0.15, 0.2) is 5.69 Å². The lowest BCUT2D eigenvalue weighted by atomic mass is 10.1. The number of ether oxygens (including phenoxy) is 2. The molecular formula is C27H31F3N6O8S. The van der Waals surface area contributed by atoms with Crippen molar-refractivity contribution < 1.29 is 50.5 Å². The first kappa shape index (κ1) is 34.6. The van der Waals surface area contributed by atoms with E-state index in [1.807, 2.05) is 6.92 Å². The standard InChI is InChI=1S/C27H31F3N6O8S/c1-17(2)25(37)43-19(4)44-33-36(39)34(5)14-15-42-26(38)32-45(40,41)22-12-10-21(11-13-22)35-23(16-24(31-35)27(28,29)30)20-8-6-18(3)7-9-20/h6-13,16-17,19H,14-15H2,1-5H3,(H,32,38). The molecule has 1 unspecified atom stereocenters. The van der Waals surface area contributed by atoms with Crippen molar-refractivity contribution in [2.75, 3.05) is 20.2 Å². The van der Waals surface area contributed by atoms with Crippen LogP contribution in [0.5, 0.6) is 0 Å². The zero-order chi connectivity index (χ0) is 33.5. The highest BCUT2D eigenvalue weighted by atomic mass is 32.2. The van der Waals surface area contributed by atoms with E-state index < -0.39 is 52.8 Å². The van der Waals surface area contributed by atoms with Crippen LogP contribution in [0.1, 0.15) is 32.0 Å². The number of aromatic nitrogens is 2. The van der Waals surface area contributed by atoms with Crippen LogP contribution in [0.3, 0.4) is 0 Å². The molecule has 1 amide bonds. The molecule has 0 saturated heterocycles. The molecule has 244 valence electrons. The molecule has 1 aromatic heterocycles. The second-order valence-electron chi connectivity index (χ2n) is 9.91. The number of likely N-dealkylation sites (N-methyl/N-ethyl adjacent to an activating group) is 1. The number of hydrazine groups is 1. The molecule has 0 bridgehead atoms. The number of aryl methyl sites for hydroxylation is 1. The van der Waals surface area contributed by atoms with Crippen LogP contribution in [-0.2, 0) is 35.3 Å². The molecule has 1 N–H and O–H groups in total. The van der Waals surface area contributed by atoms with Crippen LogP contribution in [0.25, 0.3) is 16.9 Å². The third-order valence-electron chi connectivity index (χ3n) is 5.92. The van der Waals surface area contributed by atoms with Crippen LogP contribution >= 0.6 is 0 Å². The third kappa shape index (κ3) is 9.56. The monoisotopic (exact) mass is 656 g/mol. The number of carbonyl (C=O) groups is 2. The molecule has 3 rings (SSSR count). The summed E-state index contributed by atoms with van der Waals surface area (Å²) in [5.74, 6) is -0.970. The predicted octanol–water partition coefficient (Wildman–Crippen LogP) is 4.57. The number of hydrogen-bond donors (Lipinski definition) is 1. The molecule has 18 heteroatoms. The van der Waals surface area contributed by atoms with E-state index in [-0.39, 0.29) is 27.8 Å². The zero-order valence-corrected chi connectivity index (χ0v) is 25.6. The molecule has 1 atom stereocenters. The third-order valence-corrected chi connectivity index (χ3v) is 7.24. The Balaban J connectivity index is 1.61. The molecule has 0 spiro atoms. The quantitative estimate of drug-likeness (QED) is 0.0959. The molecule has 1 heterocycles. The summed E-state index contributed by atoms with van der Waals surface area (Å²) in [4.78, 5) is 28.0. The topological polar surface area (TPSA) is 167 Å². The summed E-state index contributed by atoms with van der Waals surface area (Å²) in [6.07, 6.45) is -7.21. The van der Waals surface area contributed by atoms with Crippen molar-refractivity contribution in [3.05, 3.63) is 71.1 Å². The molecule has 3 aromatic rings.